The SMILES string of the molecule is O=C(O)CCC[C@@H](NC(=O)c1ccccc1Br)C(=O)O. The largest absolute Gasteiger partial charge is 0.481 e. The molecule has 108 valence electrons. The molecule has 7 heteroatoms. The smallest absolute Gasteiger partial charge is 0.326 e. The second kappa shape index (κ2) is 7.64. The number of hydrogen-bond acceptors (Lipinski definition) is 3. The van der Waals surface area contributed by atoms with Gasteiger partial charge in [-0.2, -0.15) is 0 Å². The third-order valence-corrected chi connectivity index (χ3v) is 3.30. The highest BCUT2D eigenvalue weighted by atomic mass is 79.9. The zero-order valence-corrected chi connectivity index (χ0v) is 12.1. The number of nitrogens with one attached hydrogen (secondary N) is 1. The van der Waals surface area contributed by atoms with E-state index in [1.807, 2.05) is 0 Å². The highest BCUT2D eigenvalue weighted by Gasteiger charge is 2.21. The summed E-state index contributed by atoms with van der Waals surface area (Å²) in [5, 5.41) is 19.9. The fraction of sp³-hybridized carbons (Fsp3) is 0.308. The predicted molar refractivity (Wildman–Crippen MR) is 74.5 cm³/mol. The number of rotatable bonds is 7. The Morgan fingerprint density at radius 2 is 1.85 bits per heavy atom. The second-order valence-corrected chi connectivity index (χ2v) is 4.98. The number of benzene rings is 1. The van der Waals surface area contributed by atoms with Gasteiger partial charge in [-0.1, -0.05) is 12.1 Å². The van der Waals surface area contributed by atoms with Crippen molar-refractivity contribution >= 4 is 33.8 Å². The van der Waals surface area contributed by atoms with Crippen LogP contribution in [0.2, 0.25) is 0 Å². The summed E-state index contributed by atoms with van der Waals surface area (Å²) < 4.78 is 0.562. The molecule has 0 aliphatic carbocycles. The third-order valence-electron chi connectivity index (χ3n) is 2.61. The molecule has 1 atom stereocenters. The van der Waals surface area contributed by atoms with Crippen molar-refractivity contribution in [3.63, 3.8) is 0 Å². The number of halogens is 1. The van der Waals surface area contributed by atoms with Crippen LogP contribution in [0.15, 0.2) is 28.7 Å². The molecular weight excluding hydrogens is 330 g/mol. The number of carbonyl (C=O) groups is 3. The highest BCUT2D eigenvalue weighted by Crippen LogP contribution is 2.16. The van der Waals surface area contributed by atoms with Crippen molar-refractivity contribution in [3.8, 4) is 0 Å². The molecule has 6 nitrogen and oxygen atoms in total. The second-order valence-electron chi connectivity index (χ2n) is 4.13. The van der Waals surface area contributed by atoms with Crippen molar-refractivity contribution in [2.24, 2.45) is 0 Å². The maximum atomic E-state index is 12.0. The van der Waals surface area contributed by atoms with Gasteiger partial charge in [-0.25, -0.2) is 4.79 Å². The predicted octanol–water partition coefficient (Wildman–Crippen LogP) is 1.89. The Hall–Kier alpha value is -1.89. The van der Waals surface area contributed by atoms with Crippen molar-refractivity contribution < 1.29 is 24.6 Å². The van der Waals surface area contributed by atoms with Crippen molar-refractivity contribution in [2.75, 3.05) is 0 Å². The quantitative estimate of drug-likeness (QED) is 0.701. The number of carboxylic acids is 2. The van der Waals surface area contributed by atoms with Crippen LogP contribution in [0.25, 0.3) is 0 Å². The van der Waals surface area contributed by atoms with Gasteiger partial charge in [0.25, 0.3) is 5.91 Å². The summed E-state index contributed by atoms with van der Waals surface area (Å²) in [7, 11) is 0. The zero-order valence-electron chi connectivity index (χ0n) is 10.5. The van der Waals surface area contributed by atoms with Gasteiger partial charge in [-0.05, 0) is 40.9 Å². The van der Waals surface area contributed by atoms with E-state index in [1.165, 1.54) is 0 Å². The van der Waals surface area contributed by atoms with Crippen molar-refractivity contribution in [1.29, 1.82) is 0 Å². The minimum absolute atomic E-state index is 0.0673. The molecule has 0 radical (unpaired) electrons. The molecule has 0 bridgehead atoms. The standard InChI is InChI=1S/C13H14BrNO5/c14-9-5-2-1-4-8(9)12(18)15-10(13(19)20)6-3-7-11(16)17/h1-2,4-5,10H,3,6-7H2,(H,15,18)(H,16,17)(H,19,20)/t10-/m1/s1. The molecule has 0 spiro atoms. The molecule has 0 aliphatic heterocycles. The maximum Gasteiger partial charge on any atom is 0.326 e. The molecular formula is C13H14BrNO5. The van der Waals surface area contributed by atoms with Crippen LogP contribution in [-0.2, 0) is 9.59 Å². The fourth-order valence-electron chi connectivity index (χ4n) is 1.60. The minimum Gasteiger partial charge on any atom is -0.481 e. The average Bonchev–Trinajstić information content (AvgIpc) is 2.37. The van der Waals surface area contributed by atoms with Crippen molar-refractivity contribution in [2.45, 2.75) is 25.3 Å². The van der Waals surface area contributed by atoms with E-state index in [9.17, 15) is 14.4 Å². The van der Waals surface area contributed by atoms with E-state index in [0.717, 1.165) is 0 Å². The molecule has 0 saturated heterocycles. The van der Waals surface area contributed by atoms with Crippen molar-refractivity contribution in [1.82, 2.24) is 5.32 Å². The van der Waals surface area contributed by atoms with Crippen LogP contribution in [0.1, 0.15) is 29.6 Å². The first kappa shape index (κ1) is 16.2. The van der Waals surface area contributed by atoms with Gasteiger partial charge in [0.1, 0.15) is 6.04 Å². The minimum atomic E-state index is -1.18. The molecule has 0 unspecified atom stereocenters. The Bertz CT molecular complexity index is 517. The molecule has 0 fully saturated rings. The third kappa shape index (κ3) is 5.00. The summed E-state index contributed by atoms with van der Waals surface area (Å²) in [6.07, 6.45) is 0.120. The molecule has 0 heterocycles. The van der Waals surface area contributed by atoms with Crippen LogP contribution in [-0.4, -0.2) is 34.1 Å². The summed E-state index contributed by atoms with van der Waals surface area (Å²) in [5.41, 5.74) is 0.331. The molecule has 0 aliphatic rings. The summed E-state index contributed by atoms with van der Waals surface area (Å²) in [6.45, 7) is 0. The fourth-order valence-corrected chi connectivity index (χ4v) is 2.06. The van der Waals surface area contributed by atoms with Crippen LogP contribution in [0.3, 0.4) is 0 Å². The number of hydrogen-bond donors (Lipinski definition) is 3. The van der Waals surface area contributed by atoms with E-state index in [0.29, 0.717) is 10.0 Å². The Morgan fingerprint density at radius 3 is 2.40 bits per heavy atom. The number of aliphatic carboxylic acids is 2. The zero-order chi connectivity index (χ0) is 15.1. The van der Waals surface area contributed by atoms with Crippen LogP contribution >= 0.6 is 15.9 Å². The normalized spacial score (nSPS) is 11.7. The van der Waals surface area contributed by atoms with Gasteiger partial charge in [-0.15, -0.1) is 0 Å². The van der Waals surface area contributed by atoms with Gasteiger partial charge in [0, 0.05) is 10.9 Å². The lowest BCUT2D eigenvalue weighted by atomic mass is 10.1. The Kier molecular flexibility index (Phi) is 6.17. The van der Waals surface area contributed by atoms with Crippen LogP contribution in [0.4, 0.5) is 0 Å². The monoisotopic (exact) mass is 343 g/mol. The molecule has 3 N–H and O–H groups in total. The van der Waals surface area contributed by atoms with Crippen LogP contribution in [0, 0.1) is 0 Å². The van der Waals surface area contributed by atoms with Gasteiger partial charge in [0.15, 0.2) is 0 Å². The van der Waals surface area contributed by atoms with E-state index in [2.05, 4.69) is 21.2 Å². The topological polar surface area (TPSA) is 104 Å². The summed E-state index contributed by atoms with van der Waals surface area (Å²) in [4.78, 5) is 33.4. The molecule has 0 saturated carbocycles. The number of carbonyl (C=O) groups excluding carboxylic acids is 1. The molecule has 1 aromatic carbocycles. The lowest BCUT2D eigenvalue weighted by Gasteiger charge is -2.14. The van der Waals surface area contributed by atoms with E-state index in [4.69, 9.17) is 10.2 Å². The lowest BCUT2D eigenvalue weighted by molar-refractivity contribution is -0.140. The van der Waals surface area contributed by atoms with Crippen molar-refractivity contribution in [3.05, 3.63) is 34.3 Å². The first-order valence-corrected chi connectivity index (χ1v) is 6.71. The first-order chi connectivity index (χ1) is 9.41. The first-order valence-electron chi connectivity index (χ1n) is 5.92. The number of carboxylic acid groups (broad SMARTS) is 2. The molecule has 1 aromatic rings. The molecule has 1 rings (SSSR count). The van der Waals surface area contributed by atoms with E-state index in [-0.39, 0.29) is 19.3 Å². The van der Waals surface area contributed by atoms with Gasteiger partial charge in [0.2, 0.25) is 0 Å². The molecule has 0 aromatic heterocycles. The van der Waals surface area contributed by atoms with Gasteiger partial charge in [0.05, 0.1) is 5.56 Å². The van der Waals surface area contributed by atoms with Crippen LogP contribution < -0.4 is 5.32 Å². The van der Waals surface area contributed by atoms with E-state index >= 15 is 0 Å². The highest BCUT2D eigenvalue weighted by molar-refractivity contribution is 9.10. The lowest BCUT2D eigenvalue weighted by Crippen LogP contribution is -2.40. The molecule has 1 amide bonds. The van der Waals surface area contributed by atoms with E-state index < -0.39 is 23.9 Å². The van der Waals surface area contributed by atoms with Gasteiger partial charge in [-0.3, -0.25) is 9.59 Å². The summed E-state index contributed by atoms with van der Waals surface area (Å²) >= 11 is 3.21. The average molecular weight is 344 g/mol. The Morgan fingerprint density at radius 1 is 1.20 bits per heavy atom. The number of amides is 1. The summed E-state index contributed by atoms with van der Waals surface area (Å²) in [6, 6.07) is 5.54. The Balaban J connectivity index is 2.66. The Labute approximate surface area is 123 Å². The summed E-state index contributed by atoms with van der Waals surface area (Å²) in [5.74, 6) is -2.69. The van der Waals surface area contributed by atoms with Gasteiger partial charge >= 0.3 is 11.9 Å². The van der Waals surface area contributed by atoms with E-state index in [1.54, 1.807) is 24.3 Å². The molecule has 20 heavy (non-hydrogen) atoms. The van der Waals surface area contributed by atoms with Crippen LogP contribution in [0.5, 0.6) is 0 Å². The maximum absolute atomic E-state index is 12.0. The van der Waals surface area contributed by atoms with Gasteiger partial charge < -0.3 is 15.5 Å².